The second-order valence-electron chi connectivity index (χ2n) is 7.57. The number of carbonyl (C=O) groups excluding carboxylic acids is 1. The molecule has 4 rings (SSSR count). The molecule has 1 N–H and O–H groups in total. The molecule has 0 radical (unpaired) electrons. The van der Waals surface area contributed by atoms with E-state index in [1.54, 1.807) is 0 Å². The molecule has 2 saturated carbocycles. The van der Waals surface area contributed by atoms with Crippen LogP contribution in [0.4, 0.5) is 0 Å². The van der Waals surface area contributed by atoms with Gasteiger partial charge >= 0.3 is 0 Å². The fourth-order valence-corrected chi connectivity index (χ4v) is 5.71. The van der Waals surface area contributed by atoms with Gasteiger partial charge in [0, 0.05) is 18.3 Å². The standard InChI is InChI=1S/C18H24O2/c1-18-9-8-14-13-5-3-12(19)10-11(13)2-4-15(14)16(18)6-7-17(18)20/h2,10,13-16,19H,3-9H2,1H3/t13-,14+,15+,16-,18-/m0/s1. The molecule has 0 aromatic heterocycles. The third kappa shape index (κ3) is 1.60. The van der Waals surface area contributed by atoms with Gasteiger partial charge in [0.25, 0.3) is 0 Å². The molecule has 4 aliphatic carbocycles. The molecule has 0 unspecified atom stereocenters. The average Bonchev–Trinajstić information content (AvgIpc) is 2.74. The van der Waals surface area contributed by atoms with Crippen LogP contribution in [-0.4, -0.2) is 10.9 Å². The van der Waals surface area contributed by atoms with Crippen LogP contribution in [0.2, 0.25) is 0 Å². The molecule has 0 spiro atoms. The number of allylic oxidation sites excluding steroid dienone is 4. The normalized spacial score (nSPS) is 47.0. The predicted octanol–water partition coefficient (Wildman–Crippen LogP) is 4.18. The van der Waals surface area contributed by atoms with E-state index in [2.05, 4.69) is 13.0 Å². The summed E-state index contributed by atoms with van der Waals surface area (Å²) in [5, 5.41) is 9.75. The van der Waals surface area contributed by atoms with Crippen molar-refractivity contribution < 1.29 is 9.90 Å². The average molecular weight is 272 g/mol. The van der Waals surface area contributed by atoms with Gasteiger partial charge in [-0.3, -0.25) is 4.79 Å². The lowest BCUT2D eigenvalue weighted by Gasteiger charge is -2.50. The molecule has 2 nitrogen and oxygen atoms in total. The summed E-state index contributed by atoms with van der Waals surface area (Å²) in [6.45, 7) is 2.23. The summed E-state index contributed by atoms with van der Waals surface area (Å²) < 4.78 is 0. The molecule has 2 fully saturated rings. The van der Waals surface area contributed by atoms with Crippen LogP contribution in [0.3, 0.4) is 0 Å². The maximum atomic E-state index is 12.3. The van der Waals surface area contributed by atoms with Gasteiger partial charge < -0.3 is 5.11 Å². The Hall–Kier alpha value is -1.05. The Bertz CT molecular complexity index is 516. The maximum absolute atomic E-state index is 12.3. The molecule has 20 heavy (non-hydrogen) atoms. The maximum Gasteiger partial charge on any atom is 0.139 e. The van der Waals surface area contributed by atoms with Gasteiger partial charge in [0.15, 0.2) is 0 Å². The van der Waals surface area contributed by atoms with Crippen molar-refractivity contribution in [3.8, 4) is 0 Å². The van der Waals surface area contributed by atoms with E-state index in [1.165, 1.54) is 12.0 Å². The van der Waals surface area contributed by atoms with Crippen LogP contribution < -0.4 is 0 Å². The first-order valence-corrected chi connectivity index (χ1v) is 8.22. The van der Waals surface area contributed by atoms with E-state index in [0.29, 0.717) is 29.3 Å². The zero-order valence-corrected chi connectivity index (χ0v) is 12.3. The van der Waals surface area contributed by atoms with Gasteiger partial charge in [-0.2, -0.15) is 0 Å². The number of ketones is 1. The SMILES string of the molecule is C[C@]12CC[C@H]3[C@@H](CC=C4C=C(O)CC[C@@H]43)[C@@H]1CCC2=O. The molecule has 4 aliphatic rings. The Kier molecular flexibility index (Phi) is 2.68. The highest BCUT2D eigenvalue weighted by molar-refractivity contribution is 5.87. The topological polar surface area (TPSA) is 37.3 Å². The first-order chi connectivity index (χ1) is 9.59. The zero-order chi connectivity index (χ0) is 13.9. The Morgan fingerprint density at radius 3 is 2.90 bits per heavy atom. The van der Waals surface area contributed by atoms with E-state index in [1.807, 2.05) is 6.08 Å². The fraction of sp³-hybridized carbons (Fsp3) is 0.722. The highest BCUT2D eigenvalue weighted by Crippen LogP contribution is 2.59. The molecular weight excluding hydrogens is 248 g/mol. The molecular formula is C18H24O2. The summed E-state index contributed by atoms with van der Waals surface area (Å²) in [6, 6.07) is 0. The smallest absolute Gasteiger partial charge is 0.139 e. The number of aliphatic hydroxyl groups is 1. The van der Waals surface area contributed by atoms with Crippen LogP contribution in [0, 0.1) is 29.1 Å². The Morgan fingerprint density at radius 2 is 2.05 bits per heavy atom. The highest BCUT2D eigenvalue weighted by Gasteiger charge is 2.55. The third-order valence-corrected chi connectivity index (χ3v) is 6.82. The molecule has 0 aromatic carbocycles. The first kappa shape index (κ1) is 12.7. The Morgan fingerprint density at radius 1 is 1.20 bits per heavy atom. The summed E-state index contributed by atoms with van der Waals surface area (Å²) >= 11 is 0. The quantitative estimate of drug-likeness (QED) is 0.718. The minimum Gasteiger partial charge on any atom is -0.512 e. The van der Waals surface area contributed by atoms with E-state index in [4.69, 9.17) is 0 Å². The molecule has 0 amide bonds. The zero-order valence-electron chi connectivity index (χ0n) is 12.3. The predicted molar refractivity (Wildman–Crippen MR) is 78.2 cm³/mol. The van der Waals surface area contributed by atoms with Crippen LogP contribution in [0.1, 0.15) is 51.9 Å². The van der Waals surface area contributed by atoms with Gasteiger partial charge in [0.2, 0.25) is 0 Å². The van der Waals surface area contributed by atoms with Gasteiger partial charge in [-0.1, -0.05) is 13.0 Å². The van der Waals surface area contributed by atoms with Crippen molar-refractivity contribution in [1.29, 1.82) is 0 Å². The number of fused-ring (bicyclic) bond motifs is 5. The Balaban J connectivity index is 1.67. The lowest BCUT2D eigenvalue weighted by molar-refractivity contribution is -0.130. The summed E-state index contributed by atoms with van der Waals surface area (Å²) in [5.74, 6) is 3.81. The van der Waals surface area contributed by atoms with Crippen LogP contribution in [0.25, 0.3) is 0 Å². The van der Waals surface area contributed by atoms with Crippen LogP contribution in [0.5, 0.6) is 0 Å². The molecule has 0 saturated heterocycles. The molecule has 5 atom stereocenters. The number of rotatable bonds is 0. The van der Waals surface area contributed by atoms with Crippen molar-refractivity contribution >= 4 is 5.78 Å². The highest BCUT2D eigenvalue weighted by atomic mass is 16.3. The minimum atomic E-state index is -0.0147. The fourth-order valence-electron chi connectivity index (χ4n) is 5.71. The van der Waals surface area contributed by atoms with Crippen molar-refractivity contribution in [2.75, 3.05) is 0 Å². The first-order valence-electron chi connectivity index (χ1n) is 8.22. The second kappa shape index (κ2) is 4.22. The largest absolute Gasteiger partial charge is 0.512 e. The van der Waals surface area contributed by atoms with Crippen LogP contribution in [-0.2, 0) is 4.79 Å². The summed E-state index contributed by atoms with van der Waals surface area (Å²) in [7, 11) is 0. The summed E-state index contributed by atoms with van der Waals surface area (Å²) in [5.41, 5.74) is 1.36. The van der Waals surface area contributed by atoms with E-state index in [-0.39, 0.29) is 5.41 Å². The van der Waals surface area contributed by atoms with Gasteiger partial charge in [0.05, 0.1) is 5.76 Å². The number of aliphatic hydroxyl groups excluding tert-OH is 1. The molecule has 108 valence electrons. The number of hydrogen-bond acceptors (Lipinski definition) is 2. The van der Waals surface area contributed by atoms with Gasteiger partial charge in [-0.25, -0.2) is 0 Å². The van der Waals surface area contributed by atoms with E-state index in [0.717, 1.165) is 44.4 Å². The number of hydrogen-bond donors (Lipinski definition) is 1. The van der Waals surface area contributed by atoms with Crippen molar-refractivity contribution in [3.63, 3.8) is 0 Å². The van der Waals surface area contributed by atoms with Gasteiger partial charge in [-0.15, -0.1) is 0 Å². The van der Waals surface area contributed by atoms with Gasteiger partial charge in [-0.05, 0) is 67.4 Å². The number of carbonyl (C=O) groups is 1. The molecule has 0 bridgehead atoms. The van der Waals surface area contributed by atoms with Crippen molar-refractivity contribution in [2.24, 2.45) is 29.1 Å². The third-order valence-electron chi connectivity index (χ3n) is 6.82. The lowest BCUT2D eigenvalue weighted by Crippen LogP contribution is -2.45. The van der Waals surface area contributed by atoms with Crippen molar-refractivity contribution in [3.05, 3.63) is 23.5 Å². The molecule has 0 aliphatic heterocycles. The molecule has 2 heteroatoms. The van der Waals surface area contributed by atoms with E-state index >= 15 is 0 Å². The van der Waals surface area contributed by atoms with Crippen molar-refractivity contribution in [1.82, 2.24) is 0 Å². The van der Waals surface area contributed by atoms with E-state index in [9.17, 15) is 9.90 Å². The Labute approximate surface area is 120 Å². The van der Waals surface area contributed by atoms with Crippen LogP contribution in [0.15, 0.2) is 23.5 Å². The molecule has 0 heterocycles. The monoisotopic (exact) mass is 272 g/mol. The second-order valence-corrected chi connectivity index (χ2v) is 7.57. The minimum absolute atomic E-state index is 0.0147. The lowest BCUT2D eigenvalue weighted by atomic mass is 9.53. The summed E-state index contributed by atoms with van der Waals surface area (Å²) in [4.78, 5) is 12.3. The van der Waals surface area contributed by atoms with Gasteiger partial charge in [0.1, 0.15) is 5.78 Å². The molecule has 0 aromatic rings. The van der Waals surface area contributed by atoms with E-state index < -0.39 is 0 Å². The summed E-state index contributed by atoms with van der Waals surface area (Å²) in [6.07, 6.45) is 11.7. The van der Waals surface area contributed by atoms with Crippen molar-refractivity contribution in [2.45, 2.75) is 51.9 Å². The van der Waals surface area contributed by atoms with Crippen LogP contribution >= 0.6 is 0 Å². The number of Topliss-reactive ketones (excluding diaryl/α,β-unsaturated/α-hetero) is 1.